The second-order valence-electron chi connectivity index (χ2n) is 1.55. The van der Waals surface area contributed by atoms with Crippen LogP contribution in [0.3, 0.4) is 0 Å². The zero-order valence-corrected chi connectivity index (χ0v) is 5.59. The number of carbonyl (C=O) groups is 1. The first-order chi connectivity index (χ1) is 4.59. The van der Waals surface area contributed by atoms with E-state index in [-0.39, 0.29) is 11.3 Å². The highest BCUT2D eigenvalue weighted by atomic mass is 16.5. The molecule has 0 aliphatic carbocycles. The lowest BCUT2D eigenvalue weighted by Gasteiger charge is -2.02. The van der Waals surface area contributed by atoms with Crippen LogP contribution >= 0.6 is 0 Å². The maximum absolute atomic E-state index is 10.4. The van der Waals surface area contributed by atoms with E-state index < -0.39 is 5.91 Å². The number of rotatable bonds is 4. The average Bonchev–Trinajstić information content (AvgIpc) is 1.87. The molecule has 0 aromatic rings. The smallest absolute Gasteiger partial charge is 0.251 e. The minimum atomic E-state index is -0.646. The summed E-state index contributed by atoms with van der Waals surface area (Å²) in [5, 5.41) is 0. The summed E-state index contributed by atoms with van der Waals surface area (Å²) >= 11 is 0. The number of nitrogens with two attached hydrogens (primary N) is 1. The van der Waals surface area contributed by atoms with Crippen molar-refractivity contribution in [3.63, 3.8) is 0 Å². The number of primary amides is 1. The molecular weight excluding hydrogens is 130 g/mol. The summed E-state index contributed by atoms with van der Waals surface area (Å²) in [5.74, 6) is -0.519. The first kappa shape index (κ1) is 8.49. The molecule has 0 aromatic heterocycles. The van der Waals surface area contributed by atoms with Gasteiger partial charge >= 0.3 is 0 Å². The van der Waals surface area contributed by atoms with Crippen LogP contribution in [-0.4, -0.2) is 5.91 Å². The normalized spacial score (nSPS) is 8.00. The number of carbonyl (C=O) groups excluding carboxylic acids is 1. The summed E-state index contributed by atoms with van der Waals surface area (Å²) < 4.78 is 4.63. The Hall–Kier alpha value is -1.51. The minimum absolute atomic E-state index is 0.0555. The second-order valence-corrected chi connectivity index (χ2v) is 1.55. The summed E-state index contributed by atoms with van der Waals surface area (Å²) in [6, 6.07) is 0. The number of ether oxygens (including phenoxy) is 1. The van der Waals surface area contributed by atoms with E-state index in [0.717, 1.165) is 6.26 Å². The average molecular weight is 139 g/mol. The first-order valence-corrected chi connectivity index (χ1v) is 2.55. The molecule has 0 atom stereocenters. The van der Waals surface area contributed by atoms with Crippen molar-refractivity contribution in [3.05, 3.63) is 37.3 Å². The van der Waals surface area contributed by atoms with Gasteiger partial charge in [0.2, 0.25) is 0 Å². The van der Waals surface area contributed by atoms with Gasteiger partial charge in [-0.3, -0.25) is 4.79 Å². The van der Waals surface area contributed by atoms with Gasteiger partial charge in [0.1, 0.15) is 5.76 Å². The van der Waals surface area contributed by atoms with Crippen molar-refractivity contribution in [2.24, 2.45) is 5.73 Å². The van der Waals surface area contributed by atoms with Crippen LogP contribution in [0.4, 0.5) is 0 Å². The fraction of sp³-hybridized carbons (Fsp3) is 0. The highest BCUT2D eigenvalue weighted by Gasteiger charge is 2.05. The van der Waals surface area contributed by atoms with E-state index in [2.05, 4.69) is 24.5 Å². The van der Waals surface area contributed by atoms with Crippen molar-refractivity contribution in [1.82, 2.24) is 0 Å². The van der Waals surface area contributed by atoms with Crippen molar-refractivity contribution in [3.8, 4) is 0 Å². The fourth-order valence-electron chi connectivity index (χ4n) is 0.309. The van der Waals surface area contributed by atoms with Crippen molar-refractivity contribution < 1.29 is 9.53 Å². The molecule has 3 heteroatoms. The van der Waals surface area contributed by atoms with Gasteiger partial charge in [0, 0.05) is 0 Å². The van der Waals surface area contributed by atoms with Crippen molar-refractivity contribution in [1.29, 1.82) is 0 Å². The van der Waals surface area contributed by atoms with Crippen LogP contribution < -0.4 is 5.73 Å². The summed E-state index contributed by atoms with van der Waals surface area (Å²) in [7, 11) is 0. The third kappa shape index (κ3) is 2.17. The van der Waals surface area contributed by atoms with Gasteiger partial charge in [-0.15, -0.1) is 0 Å². The topological polar surface area (TPSA) is 52.3 Å². The van der Waals surface area contributed by atoms with E-state index in [1.165, 1.54) is 0 Å². The van der Waals surface area contributed by atoms with E-state index in [4.69, 9.17) is 5.73 Å². The lowest BCUT2D eigenvalue weighted by atomic mass is 10.2. The summed E-state index contributed by atoms with van der Waals surface area (Å²) in [6.07, 6.45) is 1.15. The Morgan fingerprint density at radius 1 is 1.50 bits per heavy atom. The van der Waals surface area contributed by atoms with Crippen molar-refractivity contribution >= 4 is 5.91 Å². The van der Waals surface area contributed by atoms with E-state index in [9.17, 15) is 4.79 Å². The molecule has 0 spiro atoms. The molecule has 0 aliphatic rings. The number of hydrogen-bond donors (Lipinski definition) is 1. The zero-order chi connectivity index (χ0) is 8.15. The second kappa shape index (κ2) is 3.50. The molecule has 0 radical (unpaired) electrons. The van der Waals surface area contributed by atoms with E-state index in [0.29, 0.717) is 0 Å². The van der Waals surface area contributed by atoms with Gasteiger partial charge in [-0.05, 0) is 0 Å². The molecule has 1 amide bonds. The van der Waals surface area contributed by atoms with Crippen LogP contribution in [0.25, 0.3) is 0 Å². The van der Waals surface area contributed by atoms with Crippen molar-refractivity contribution in [2.45, 2.75) is 0 Å². The molecule has 0 fully saturated rings. The maximum Gasteiger partial charge on any atom is 0.251 e. The van der Waals surface area contributed by atoms with Crippen LogP contribution in [0.2, 0.25) is 0 Å². The first-order valence-electron chi connectivity index (χ1n) is 2.55. The zero-order valence-electron chi connectivity index (χ0n) is 5.59. The summed E-state index contributed by atoms with van der Waals surface area (Å²) in [4.78, 5) is 10.4. The van der Waals surface area contributed by atoms with Crippen LogP contribution in [0.1, 0.15) is 0 Å². The Balaban J connectivity index is 4.08. The van der Waals surface area contributed by atoms with E-state index in [1.54, 1.807) is 0 Å². The van der Waals surface area contributed by atoms with Gasteiger partial charge in [0.05, 0.1) is 11.8 Å². The maximum atomic E-state index is 10.4. The molecule has 10 heavy (non-hydrogen) atoms. The SMILES string of the molecule is C=COC(=C)C(=C)C(N)=O. The molecule has 0 aliphatic heterocycles. The fourth-order valence-corrected chi connectivity index (χ4v) is 0.309. The Morgan fingerprint density at radius 2 is 2.00 bits per heavy atom. The standard InChI is InChI=1S/C7H9NO2/c1-4-10-6(3)5(2)7(8)9/h4H,1-3H2,(H2,8,9). The molecule has 0 rings (SSSR count). The minimum Gasteiger partial charge on any atom is -0.465 e. The van der Waals surface area contributed by atoms with Crippen LogP contribution in [0.5, 0.6) is 0 Å². The lowest BCUT2D eigenvalue weighted by Crippen LogP contribution is -2.14. The molecule has 0 saturated heterocycles. The Bertz CT molecular complexity index is 194. The van der Waals surface area contributed by atoms with E-state index >= 15 is 0 Å². The summed E-state index contributed by atoms with van der Waals surface area (Å²) in [6.45, 7) is 9.96. The molecule has 0 unspecified atom stereocenters. The Labute approximate surface area is 59.5 Å². The summed E-state index contributed by atoms with van der Waals surface area (Å²) in [5.41, 5.74) is 4.91. The molecule has 0 bridgehead atoms. The molecule has 2 N–H and O–H groups in total. The largest absolute Gasteiger partial charge is 0.465 e. The highest BCUT2D eigenvalue weighted by molar-refractivity contribution is 5.94. The molecule has 0 aromatic carbocycles. The van der Waals surface area contributed by atoms with Gasteiger partial charge in [-0.25, -0.2) is 0 Å². The third-order valence-electron chi connectivity index (χ3n) is 0.860. The Morgan fingerprint density at radius 3 is 2.30 bits per heavy atom. The van der Waals surface area contributed by atoms with Gasteiger partial charge in [0.15, 0.2) is 0 Å². The van der Waals surface area contributed by atoms with Gasteiger partial charge in [-0.1, -0.05) is 19.7 Å². The van der Waals surface area contributed by atoms with Gasteiger partial charge in [0.25, 0.3) is 5.91 Å². The molecule has 3 nitrogen and oxygen atoms in total. The van der Waals surface area contributed by atoms with Crippen LogP contribution in [0.15, 0.2) is 37.3 Å². The van der Waals surface area contributed by atoms with Gasteiger partial charge < -0.3 is 10.5 Å². The number of amides is 1. The third-order valence-corrected chi connectivity index (χ3v) is 0.860. The predicted molar refractivity (Wildman–Crippen MR) is 38.8 cm³/mol. The molecular formula is C7H9NO2. The Kier molecular flexibility index (Phi) is 2.97. The van der Waals surface area contributed by atoms with Crippen LogP contribution in [-0.2, 0) is 9.53 Å². The van der Waals surface area contributed by atoms with Gasteiger partial charge in [-0.2, -0.15) is 0 Å². The predicted octanol–water partition coefficient (Wildman–Crippen LogP) is 0.702. The van der Waals surface area contributed by atoms with E-state index in [1.807, 2.05) is 0 Å². The molecule has 0 saturated carbocycles. The lowest BCUT2D eigenvalue weighted by molar-refractivity contribution is -0.114. The number of hydrogen-bond acceptors (Lipinski definition) is 2. The van der Waals surface area contributed by atoms with Crippen molar-refractivity contribution in [2.75, 3.05) is 0 Å². The van der Waals surface area contributed by atoms with Crippen LogP contribution in [0, 0.1) is 0 Å². The highest BCUT2D eigenvalue weighted by Crippen LogP contribution is 2.04. The monoisotopic (exact) mass is 139 g/mol. The quantitative estimate of drug-likeness (QED) is 0.354. The molecule has 0 heterocycles. The molecule has 54 valence electrons.